The van der Waals surface area contributed by atoms with Crippen LogP contribution in [-0.2, 0) is 6.54 Å². The van der Waals surface area contributed by atoms with Crippen LogP contribution in [0.1, 0.15) is 37.7 Å². The molecule has 0 saturated heterocycles. The zero-order valence-electron chi connectivity index (χ0n) is 10.5. The van der Waals surface area contributed by atoms with E-state index in [1.165, 1.54) is 0 Å². The summed E-state index contributed by atoms with van der Waals surface area (Å²) in [5, 5.41) is 0. The van der Waals surface area contributed by atoms with Crippen molar-refractivity contribution in [1.82, 2.24) is 9.47 Å². The third kappa shape index (κ3) is 2.56. The summed E-state index contributed by atoms with van der Waals surface area (Å²) in [5.74, 6) is 0.0279. The second kappa shape index (κ2) is 5.05. The minimum atomic E-state index is 0.0279. The maximum atomic E-state index is 12.1. The van der Waals surface area contributed by atoms with Gasteiger partial charge in [0.25, 0.3) is 5.91 Å². The van der Waals surface area contributed by atoms with E-state index in [1.807, 2.05) is 31.7 Å². The first-order chi connectivity index (χ1) is 7.47. The SMILES string of the molecule is CCCn1cc(N)cc1C(=O)N(C)C(C)C. The molecule has 0 radical (unpaired) electrons. The fraction of sp³-hybridized carbons (Fsp3) is 0.583. The molecule has 1 amide bonds. The van der Waals surface area contributed by atoms with E-state index in [1.54, 1.807) is 11.0 Å². The minimum absolute atomic E-state index is 0.0279. The maximum absolute atomic E-state index is 12.1. The minimum Gasteiger partial charge on any atom is -0.397 e. The van der Waals surface area contributed by atoms with Crippen LogP contribution in [0.5, 0.6) is 0 Å². The number of nitrogens with two attached hydrogens (primary N) is 1. The van der Waals surface area contributed by atoms with Crippen LogP contribution in [0.3, 0.4) is 0 Å². The van der Waals surface area contributed by atoms with E-state index >= 15 is 0 Å². The van der Waals surface area contributed by atoms with Crippen LogP contribution in [0, 0.1) is 0 Å². The van der Waals surface area contributed by atoms with Crippen LogP contribution in [-0.4, -0.2) is 28.5 Å². The average molecular weight is 223 g/mol. The first-order valence-electron chi connectivity index (χ1n) is 5.70. The van der Waals surface area contributed by atoms with Gasteiger partial charge in [-0.15, -0.1) is 0 Å². The summed E-state index contributed by atoms with van der Waals surface area (Å²) in [6, 6.07) is 1.94. The number of nitrogens with zero attached hydrogens (tertiary/aromatic N) is 2. The van der Waals surface area contributed by atoms with Gasteiger partial charge in [-0.25, -0.2) is 0 Å². The molecule has 0 saturated carbocycles. The Morgan fingerprint density at radius 2 is 2.19 bits per heavy atom. The molecule has 1 heterocycles. The van der Waals surface area contributed by atoms with E-state index < -0.39 is 0 Å². The topological polar surface area (TPSA) is 51.3 Å². The molecule has 0 aromatic carbocycles. The standard InChI is InChI=1S/C12H21N3O/c1-5-6-15-8-10(13)7-11(15)12(16)14(4)9(2)3/h7-9H,5-6,13H2,1-4H3. The van der Waals surface area contributed by atoms with Crippen molar-refractivity contribution < 1.29 is 4.79 Å². The van der Waals surface area contributed by atoms with Gasteiger partial charge in [0.1, 0.15) is 5.69 Å². The molecule has 0 bridgehead atoms. The molecular weight excluding hydrogens is 202 g/mol. The van der Waals surface area contributed by atoms with E-state index in [2.05, 4.69) is 6.92 Å². The largest absolute Gasteiger partial charge is 0.397 e. The number of nitrogen functional groups attached to an aromatic ring is 1. The molecule has 0 aliphatic rings. The van der Waals surface area contributed by atoms with Gasteiger partial charge >= 0.3 is 0 Å². The van der Waals surface area contributed by atoms with Crippen LogP contribution >= 0.6 is 0 Å². The van der Waals surface area contributed by atoms with Crippen LogP contribution in [0.2, 0.25) is 0 Å². The zero-order valence-corrected chi connectivity index (χ0v) is 10.5. The first kappa shape index (κ1) is 12.6. The highest BCUT2D eigenvalue weighted by molar-refractivity contribution is 5.93. The summed E-state index contributed by atoms with van der Waals surface area (Å²) in [4.78, 5) is 13.9. The number of carbonyl (C=O) groups excluding carboxylic acids is 1. The van der Waals surface area contributed by atoms with E-state index in [4.69, 9.17) is 5.73 Å². The summed E-state index contributed by atoms with van der Waals surface area (Å²) in [6.45, 7) is 6.89. The predicted molar refractivity (Wildman–Crippen MR) is 66.4 cm³/mol. The Labute approximate surface area is 97.0 Å². The second-order valence-corrected chi connectivity index (χ2v) is 4.36. The number of carbonyl (C=O) groups is 1. The molecule has 4 nitrogen and oxygen atoms in total. The van der Waals surface area contributed by atoms with Gasteiger partial charge in [0.15, 0.2) is 0 Å². The number of aromatic nitrogens is 1. The fourth-order valence-electron chi connectivity index (χ4n) is 1.55. The molecule has 0 atom stereocenters. The molecule has 0 aliphatic carbocycles. The van der Waals surface area contributed by atoms with Crippen LogP contribution in [0.25, 0.3) is 0 Å². The third-order valence-corrected chi connectivity index (χ3v) is 2.70. The number of hydrogen-bond acceptors (Lipinski definition) is 2. The molecule has 4 heteroatoms. The predicted octanol–water partition coefficient (Wildman–Crippen LogP) is 1.96. The normalized spacial score (nSPS) is 10.8. The van der Waals surface area contributed by atoms with Crippen LogP contribution in [0.4, 0.5) is 5.69 Å². The number of rotatable bonds is 4. The monoisotopic (exact) mass is 223 g/mol. The zero-order chi connectivity index (χ0) is 12.3. The smallest absolute Gasteiger partial charge is 0.270 e. The molecule has 0 spiro atoms. The van der Waals surface area contributed by atoms with Gasteiger partial charge in [-0.1, -0.05) is 6.92 Å². The Hall–Kier alpha value is -1.45. The van der Waals surface area contributed by atoms with Gasteiger partial charge in [0, 0.05) is 25.8 Å². The number of hydrogen-bond donors (Lipinski definition) is 1. The Bertz CT molecular complexity index is 368. The molecule has 1 rings (SSSR count). The Kier molecular flexibility index (Phi) is 3.99. The lowest BCUT2D eigenvalue weighted by atomic mass is 10.3. The van der Waals surface area contributed by atoms with Crippen molar-refractivity contribution in [3.63, 3.8) is 0 Å². The van der Waals surface area contributed by atoms with Crippen LogP contribution < -0.4 is 5.73 Å². The maximum Gasteiger partial charge on any atom is 0.270 e. The lowest BCUT2D eigenvalue weighted by molar-refractivity contribution is 0.0744. The highest BCUT2D eigenvalue weighted by Gasteiger charge is 2.18. The number of anilines is 1. The number of aryl methyl sites for hydroxylation is 1. The molecule has 90 valence electrons. The summed E-state index contributed by atoms with van der Waals surface area (Å²) in [7, 11) is 1.81. The lowest BCUT2D eigenvalue weighted by Crippen LogP contribution is -2.34. The van der Waals surface area contributed by atoms with Crippen molar-refractivity contribution in [2.45, 2.75) is 39.8 Å². The van der Waals surface area contributed by atoms with E-state index in [0.29, 0.717) is 11.4 Å². The summed E-state index contributed by atoms with van der Waals surface area (Å²) >= 11 is 0. The summed E-state index contributed by atoms with van der Waals surface area (Å²) in [5.41, 5.74) is 7.06. The quantitative estimate of drug-likeness (QED) is 0.848. The lowest BCUT2D eigenvalue weighted by Gasteiger charge is -2.22. The second-order valence-electron chi connectivity index (χ2n) is 4.36. The Balaban J connectivity index is 2.98. The van der Waals surface area contributed by atoms with E-state index in [0.717, 1.165) is 13.0 Å². The number of amides is 1. The Morgan fingerprint density at radius 1 is 1.56 bits per heavy atom. The molecule has 0 aliphatic heterocycles. The van der Waals surface area contributed by atoms with E-state index in [9.17, 15) is 4.79 Å². The molecule has 1 aromatic rings. The molecule has 16 heavy (non-hydrogen) atoms. The van der Waals surface area contributed by atoms with Crippen molar-refractivity contribution >= 4 is 11.6 Å². The van der Waals surface area contributed by atoms with Crippen molar-refractivity contribution in [2.75, 3.05) is 12.8 Å². The first-order valence-corrected chi connectivity index (χ1v) is 5.70. The summed E-state index contributed by atoms with van der Waals surface area (Å²) in [6.07, 6.45) is 2.81. The summed E-state index contributed by atoms with van der Waals surface area (Å²) < 4.78 is 1.93. The highest BCUT2D eigenvalue weighted by atomic mass is 16.2. The van der Waals surface area contributed by atoms with E-state index in [-0.39, 0.29) is 11.9 Å². The van der Waals surface area contributed by atoms with Gasteiger partial charge in [-0.3, -0.25) is 4.79 Å². The molecule has 0 fully saturated rings. The Morgan fingerprint density at radius 3 is 2.69 bits per heavy atom. The molecule has 2 N–H and O–H groups in total. The van der Waals surface area contributed by atoms with Gasteiger partial charge < -0.3 is 15.2 Å². The van der Waals surface area contributed by atoms with Gasteiger partial charge in [-0.2, -0.15) is 0 Å². The molecular formula is C12H21N3O. The van der Waals surface area contributed by atoms with Crippen molar-refractivity contribution in [1.29, 1.82) is 0 Å². The highest BCUT2D eigenvalue weighted by Crippen LogP contribution is 2.14. The van der Waals surface area contributed by atoms with Crippen LogP contribution in [0.15, 0.2) is 12.3 Å². The molecule has 0 unspecified atom stereocenters. The fourth-order valence-corrected chi connectivity index (χ4v) is 1.55. The molecule has 1 aromatic heterocycles. The van der Waals surface area contributed by atoms with Crippen molar-refractivity contribution in [3.8, 4) is 0 Å². The van der Waals surface area contributed by atoms with Gasteiger partial charge in [0.2, 0.25) is 0 Å². The van der Waals surface area contributed by atoms with Crippen molar-refractivity contribution in [2.24, 2.45) is 0 Å². The van der Waals surface area contributed by atoms with Gasteiger partial charge in [-0.05, 0) is 26.3 Å². The van der Waals surface area contributed by atoms with Gasteiger partial charge in [0.05, 0.1) is 5.69 Å². The average Bonchev–Trinajstić information content (AvgIpc) is 2.58. The van der Waals surface area contributed by atoms with Crippen molar-refractivity contribution in [3.05, 3.63) is 18.0 Å². The third-order valence-electron chi connectivity index (χ3n) is 2.70.